The third kappa shape index (κ3) is 4.20. The molecule has 5 heteroatoms. The zero-order valence-corrected chi connectivity index (χ0v) is 15.0. The molecular formula is C20H21ClN2O2. The van der Waals surface area contributed by atoms with Crippen LogP contribution in [0.15, 0.2) is 48.5 Å². The van der Waals surface area contributed by atoms with E-state index in [0.717, 1.165) is 24.1 Å². The summed E-state index contributed by atoms with van der Waals surface area (Å²) in [6.07, 6.45) is 1.93. The molecule has 130 valence electrons. The Balaban J connectivity index is 1.73. The highest BCUT2D eigenvalue weighted by atomic mass is 35.5. The molecule has 0 aromatic heterocycles. The van der Waals surface area contributed by atoms with E-state index in [1.165, 1.54) is 12.5 Å². The van der Waals surface area contributed by atoms with Gasteiger partial charge in [-0.3, -0.25) is 9.59 Å². The number of para-hydroxylation sites is 1. The summed E-state index contributed by atoms with van der Waals surface area (Å²) in [5.74, 6) is -0.162. The van der Waals surface area contributed by atoms with Crippen LogP contribution >= 0.6 is 11.6 Å². The highest BCUT2D eigenvalue weighted by Gasteiger charge is 2.24. The molecule has 4 nitrogen and oxygen atoms in total. The molecule has 2 aromatic carbocycles. The maximum Gasteiger partial charge on any atom is 0.246 e. The van der Waals surface area contributed by atoms with Gasteiger partial charge in [-0.25, -0.2) is 0 Å². The van der Waals surface area contributed by atoms with Crippen molar-refractivity contribution in [2.45, 2.75) is 26.3 Å². The van der Waals surface area contributed by atoms with Gasteiger partial charge < -0.3 is 9.80 Å². The van der Waals surface area contributed by atoms with Crippen LogP contribution in [0.5, 0.6) is 0 Å². The van der Waals surface area contributed by atoms with Gasteiger partial charge in [0.2, 0.25) is 11.8 Å². The largest absolute Gasteiger partial charge is 0.329 e. The van der Waals surface area contributed by atoms with Crippen molar-refractivity contribution in [3.8, 4) is 0 Å². The second kappa shape index (κ2) is 7.70. The fourth-order valence-electron chi connectivity index (χ4n) is 3.13. The van der Waals surface area contributed by atoms with Crippen molar-refractivity contribution in [2.24, 2.45) is 0 Å². The van der Waals surface area contributed by atoms with Gasteiger partial charge in [0.15, 0.2) is 0 Å². The van der Waals surface area contributed by atoms with Crippen LogP contribution in [-0.2, 0) is 22.6 Å². The lowest BCUT2D eigenvalue weighted by atomic mass is 10.0. The first-order chi connectivity index (χ1) is 12.0. The number of fused-ring (bicyclic) bond motifs is 1. The molecule has 0 unspecified atom stereocenters. The highest BCUT2D eigenvalue weighted by Crippen LogP contribution is 2.26. The molecule has 1 aliphatic rings. The first-order valence-electron chi connectivity index (χ1n) is 8.43. The zero-order chi connectivity index (χ0) is 17.8. The van der Waals surface area contributed by atoms with Crippen molar-refractivity contribution in [3.05, 3.63) is 64.7 Å². The van der Waals surface area contributed by atoms with Crippen LogP contribution in [0.3, 0.4) is 0 Å². The molecule has 0 spiro atoms. The number of rotatable bonds is 4. The van der Waals surface area contributed by atoms with Crippen LogP contribution in [0, 0.1) is 0 Å². The van der Waals surface area contributed by atoms with Crippen molar-refractivity contribution in [1.82, 2.24) is 4.90 Å². The smallest absolute Gasteiger partial charge is 0.246 e. The number of amides is 2. The Morgan fingerprint density at radius 2 is 1.84 bits per heavy atom. The minimum atomic E-state index is -0.117. The standard InChI is InChI=1S/C20H21ClN2O2/c1-15(24)22(13-16-8-10-18(21)11-9-16)14-20(25)23-12-4-6-17-5-2-3-7-19(17)23/h2-3,5,7-11H,4,6,12-14H2,1H3. The van der Waals surface area contributed by atoms with E-state index in [1.54, 1.807) is 21.9 Å². The lowest BCUT2D eigenvalue weighted by molar-refractivity contribution is -0.134. The van der Waals surface area contributed by atoms with Crippen molar-refractivity contribution in [3.63, 3.8) is 0 Å². The minimum absolute atomic E-state index is 0.0451. The van der Waals surface area contributed by atoms with E-state index in [-0.39, 0.29) is 18.4 Å². The number of hydrogen-bond donors (Lipinski definition) is 0. The molecule has 0 saturated carbocycles. The zero-order valence-electron chi connectivity index (χ0n) is 14.2. The monoisotopic (exact) mass is 356 g/mol. The van der Waals surface area contributed by atoms with Crippen molar-refractivity contribution < 1.29 is 9.59 Å². The fraction of sp³-hybridized carbons (Fsp3) is 0.300. The van der Waals surface area contributed by atoms with E-state index in [4.69, 9.17) is 11.6 Å². The molecule has 0 bridgehead atoms. The van der Waals surface area contributed by atoms with Crippen molar-refractivity contribution in [2.75, 3.05) is 18.0 Å². The number of benzene rings is 2. The molecular weight excluding hydrogens is 336 g/mol. The Morgan fingerprint density at radius 3 is 2.56 bits per heavy atom. The van der Waals surface area contributed by atoms with Gasteiger partial charge in [0.1, 0.15) is 6.54 Å². The molecule has 0 aliphatic carbocycles. The summed E-state index contributed by atoms with van der Waals surface area (Å²) in [5.41, 5.74) is 3.11. The number of halogens is 1. The quantitative estimate of drug-likeness (QED) is 0.838. The molecule has 0 saturated heterocycles. The lowest BCUT2D eigenvalue weighted by Gasteiger charge is -2.31. The number of aryl methyl sites for hydroxylation is 1. The van der Waals surface area contributed by atoms with E-state index >= 15 is 0 Å². The second-order valence-electron chi connectivity index (χ2n) is 6.28. The number of carbonyl (C=O) groups excluding carboxylic acids is 2. The van der Waals surface area contributed by atoms with Crippen LogP contribution < -0.4 is 4.90 Å². The SMILES string of the molecule is CC(=O)N(CC(=O)N1CCCc2ccccc21)Cc1ccc(Cl)cc1. The Labute approximate surface area is 153 Å². The highest BCUT2D eigenvalue weighted by molar-refractivity contribution is 6.30. The third-order valence-corrected chi connectivity index (χ3v) is 4.72. The Kier molecular flexibility index (Phi) is 5.39. The van der Waals surface area contributed by atoms with Gasteiger partial charge in [0, 0.05) is 30.7 Å². The van der Waals surface area contributed by atoms with E-state index in [1.807, 2.05) is 30.3 Å². The topological polar surface area (TPSA) is 40.6 Å². The molecule has 25 heavy (non-hydrogen) atoms. The predicted octanol–water partition coefficient (Wildman–Crippen LogP) is 3.67. The van der Waals surface area contributed by atoms with E-state index < -0.39 is 0 Å². The summed E-state index contributed by atoms with van der Waals surface area (Å²) in [4.78, 5) is 28.2. The Hall–Kier alpha value is -2.33. The minimum Gasteiger partial charge on any atom is -0.329 e. The lowest BCUT2D eigenvalue weighted by Crippen LogP contribution is -2.44. The van der Waals surface area contributed by atoms with E-state index in [9.17, 15) is 9.59 Å². The first-order valence-corrected chi connectivity index (χ1v) is 8.80. The first kappa shape index (κ1) is 17.5. The number of carbonyl (C=O) groups is 2. The van der Waals surface area contributed by atoms with Crippen LogP contribution in [-0.4, -0.2) is 29.8 Å². The fourth-order valence-corrected chi connectivity index (χ4v) is 3.26. The maximum absolute atomic E-state index is 12.8. The molecule has 1 aliphatic heterocycles. The van der Waals surface area contributed by atoms with Gasteiger partial charge in [-0.2, -0.15) is 0 Å². The van der Waals surface area contributed by atoms with Crippen LogP contribution in [0.4, 0.5) is 5.69 Å². The summed E-state index contributed by atoms with van der Waals surface area (Å²) >= 11 is 5.90. The normalized spacial score (nSPS) is 13.3. The summed E-state index contributed by atoms with van der Waals surface area (Å²) < 4.78 is 0. The van der Waals surface area contributed by atoms with Gasteiger partial charge in [-0.1, -0.05) is 41.9 Å². The number of hydrogen-bond acceptors (Lipinski definition) is 2. The second-order valence-corrected chi connectivity index (χ2v) is 6.72. The summed E-state index contributed by atoms with van der Waals surface area (Å²) in [7, 11) is 0. The number of nitrogens with zero attached hydrogens (tertiary/aromatic N) is 2. The van der Waals surface area contributed by atoms with Crippen molar-refractivity contribution >= 4 is 29.1 Å². The van der Waals surface area contributed by atoms with Crippen LogP contribution in [0.1, 0.15) is 24.5 Å². The molecule has 1 heterocycles. The molecule has 0 atom stereocenters. The van der Waals surface area contributed by atoms with Gasteiger partial charge in [-0.05, 0) is 42.2 Å². The third-order valence-electron chi connectivity index (χ3n) is 4.47. The summed E-state index contributed by atoms with van der Waals surface area (Å²) in [5, 5.41) is 0.652. The molecule has 2 aromatic rings. The average molecular weight is 357 g/mol. The summed E-state index contributed by atoms with van der Waals surface area (Å²) in [6.45, 7) is 2.66. The van der Waals surface area contributed by atoms with Crippen LogP contribution in [0.2, 0.25) is 5.02 Å². The number of anilines is 1. The molecule has 2 amide bonds. The molecule has 3 rings (SSSR count). The van der Waals surface area contributed by atoms with Gasteiger partial charge in [0.05, 0.1) is 0 Å². The Morgan fingerprint density at radius 1 is 1.12 bits per heavy atom. The van der Waals surface area contributed by atoms with Crippen LogP contribution in [0.25, 0.3) is 0 Å². The van der Waals surface area contributed by atoms with Gasteiger partial charge in [-0.15, -0.1) is 0 Å². The average Bonchev–Trinajstić information content (AvgIpc) is 2.62. The molecule has 0 N–H and O–H groups in total. The van der Waals surface area contributed by atoms with Gasteiger partial charge in [0.25, 0.3) is 0 Å². The van der Waals surface area contributed by atoms with Gasteiger partial charge >= 0.3 is 0 Å². The van der Waals surface area contributed by atoms with Crippen molar-refractivity contribution in [1.29, 1.82) is 0 Å². The molecule has 0 fully saturated rings. The predicted molar refractivity (Wildman–Crippen MR) is 99.7 cm³/mol. The summed E-state index contributed by atoms with van der Waals surface area (Å²) in [6, 6.07) is 15.3. The Bertz CT molecular complexity index is 774. The van der Waals surface area contributed by atoms with E-state index in [2.05, 4.69) is 6.07 Å². The maximum atomic E-state index is 12.8. The molecule has 0 radical (unpaired) electrons. The van der Waals surface area contributed by atoms with E-state index in [0.29, 0.717) is 18.1 Å².